The van der Waals surface area contributed by atoms with Gasteiger partial charge in [-0.3, -0.25) is 9.59 Å². The summed E-state index contributed by atoms with van der Waals surface area (Å²) in [4.78, 5) is 23.7. The predicted octanol–water partition coefficient (Wildman–Crippen LogP) is 0.854. The fourth-order valence-corrected chi connectivity index (χ4v) is 5.23. The smallest absolute Gasteiger partial charge is 0.309 e. The van der Waals surface area contributed by atoms with Crippen molar-refractivity contribution in [1.82, 2.24) is 10.6 Å². The SMILES string of the molecule is CNC(=O)C(=O)NC[C@@H](c1cccs1)S(=O)(=O)c1ccc2c(c1)OCO2. The molecule has 1 aromatic carbocycles. The number of carbonyl (C=O) groups excluding carboxylic acids is 2. The second kappa shape index (κ2) is 7.34. The Morgan fingerprint density at radius 3 is 2.65 bits per heavy atom. The number of fused-ring (bicyclic) bond motifs is 1. The zero-order valence-electron chi connectivity index (χ0n) is 13.7. The number of hydrogen-bond donors (Lipinski definition) is 2. The van der Waals surface area contributed by atoms with Gasteiger partial charge in [0, 0.05) is 24.5 Å². The van der Waals surface area contributed by atoms with Gasteiger partial charge < -0.3 is 20.1 Å². The van der Waals surface area contributed by atoms with E-state index in [-0.39, 0.29) is 18.2 Å². The van der Waals surface area contributed by atoms with Gasteiger partial charge in [0.05, 0.1) is 4.90 Å². The lowest BCUT2D eigenvalue weighted by Gasteiger charge is -2.17. The molecular weight excluding hydrogens is 380 g/mol. The molecule has 1 aromatic heterocycles. The molecule has 10 heteroatoms. The molecule has 0 aliphatic carbocycles. The van der Waals surface area contributed by atoms with E-state index >= 15 is 0 Å². The highest BCUT2D eigenvalue weighted by Gasteiger charge is 2.32. The van der Waals surface area contributed by atoms with E-state index in [0.717, 1.165) is 0 Å². The maximum Gasteiger partial charge on any atom is 0.309 e. The molecule has 0 saturated carbocycles. The standard InChI is InChI=1S/C16H16N2O6S2/c1-17-15(19)16(20)18-8-14(13-3-2-6-25-13)26(21,22)10-4-5-11-12(7-10)24-9-23-11/h2-7,14H,8-9H2,1H3,(H,17,19)(H,18,20)/t14-/m0/s1. The Morgan fingerprint density at radius 2 is 1.96 bits per heavy atom. The van der Waals surface area contributed by atoms with Crippen LogP contribution in [0.1, 0.15) is 10.1 Å². The molecule has 0 radical (unpaired) electrons. The first kappa shape index (κ1) is 18.2. The quantitative estimate of drug-likeness (QED) is 0.725. The first-order valence-electron chi connectivity index (χ1n) is 7.60. The van der Waals surface area contributed by atoms with Crippen molar-refractivity contribution in [1.29, 1.82) is 0 Å². The van der Waals surface area contributed by atoms with Gasteiger partial charge in [-0.2, -0.15) is 0 Å². The number of benzene rings is 1. The van der Waals surface area contributed by atoms with Gasteiger partial charge in [0.25, 0.3) is 0 Å². The summed E-state index contributed by atoms with van der Waals surface area (Å²) in [6.45, 7) is -0.196. The van der Waals surface area contributed by atoms with E-state index in [2.05, 4.69) is 10.6 Å². The molecule has 0 bridgehead atoms. The van der Waals surface area contributed by atoms with E-state index in [1.54, 1.807) is 17.5 Å². The lowest BCUT2D eigenvalue weighted by Crippen LogP contribution is -2.40. The van der Waals surface area contributed by atoms with Crippen molar-refractivity contribution in [3.63, 3.8) is 0 Å². The minimum atomic E-state index is -3.85. The number of carbonyl (C=O) groups is 2. The molecule has 1 aliphatic heterocycles. The third-order valence-electron chi connectivity index (χ3n) is 3.79. The molecule has 0 spiro atoms. The molecule has 0 saturated heterocycles. The van der Waals surface area contributed by atoms with E-state index in [1.165, 1.54) is 36.6 Å². The number of ether oxygens (including phenoxy) is 2. The Labute approximate surface area is 154 Å². The largest absolute Gasteiger partial charge is 0.454 e. The van der Waals surface area contributed by atoms with Crippen molar-refractivity contribution in [2.24, 2.45) is 0 Å². The molecule has 1 aliphatic rings. The summed E-state index contributed by atoms with van der Waals surface area (Å²) in [6.07, 6.45) is 0. The minimum absolute atomic E-state index is 0.0371. The monoisotopic (exact) mass is 396 g/mol. The highest BCUT2D eigenvalue weighted by molar-refractivity contribution is 7.91. The molecule has 3 rings (SSSR count). The van der Waals surface area contributed by atoms with Gasteiger partial charge in [-0.1, -0.05) is 6.07 Å². The van der Waals surface area contributed by atoms with Gasteiger partial charge in [0.1, 0.15) is 5.25 Å². The van der Waals surface area contributed by atoms with Crippen molar-refractivity contribution >= 4 is 33.0 Å². The van der Waals surface area contributed by atoms with Crippen LogP contribution in [0.3, 0.4) is 0 Å². The van der Waals surface area contributed by atoms with Gasteiger partial charge in [-0.15, -0.1) is 11.3 Å². The van der Waals surface area contributed by atoms with Crippen molar-refractivity contribution in [3.8, 4) is 11.5 Å². The number of amides is 2. The lowest BCUT2D eigenvalue weighted by atomic mass is 10.3. The van der Waals surface area contributed by atoms with Gasteiger partial charge in [-0.05, 0) is 23.6 Å². The first-order valence-corrected chi connectivity index (χ1v) is 10.0. The van der Waals surface area contributed by atoms with E-state index < -0.39 is 26.9 Å². The van der Waals surface area contributed by atoms with Crippen LogP contribution < -0.4 is 20.1 Å². The molecule has 2 aromatic rings. The van der Waals surface area contributed by atoms with Crippen LogP contribution in [0.15, 0.2) is 40.6 Å². The Kier molecular flexibility index (Phi) is 5.14. The van der Waals surface area contributed by atoms with Crippen molar-refractivity contribution in [2.75, 3.05) is 20.4 Å². The van der Waals surface area contributed by atoms with Gasteiger partial charge in [-0.25, -0.2) is 8.42 Å². The molecule has 2 heterocycles. The Hall–Kier alpha value is -2.59. The number of nitrogens with one attached hydrogen (secondary N) is 2. The third kappa shape index (κ3) is 3.51. The zero-order chi connectivity index (χ0) is 18.7. The van der Waals surface area contributed by atoms with Crippen LogP contribution in [0.5, 0.6) is 11.5 Å². The van der Waals surface area contributed by atoms with Gasteiger partial charge >= 0.3 is 11.8 Å². The molecule has 0 unspecified atom stereocenters. The lowest BCUT2D eigenvalue weighted by molar-refractivity contribution is -0.138. The second-order valence-electron chi connectivity index (χ2n) is 5.35. The third-order valence-corrected chi connectivity index (χ3v) is 7.00. The van der Waals surface area contributed by atoms with E-state index in [1.807, 2.05) is 0 Å². The summed E-state index contributed by atoms with van der Waals surface area (Å²) in [6, 6.07) is 7.77. The maximum absolute atomic E-state index is 13.1. The number of rotatable bonds is 5. The van der Waals surface area contributed by atoms with Gasteiger partial charge in [0.15, 0.2) is 21.3 Å². The molecule has 1 atom stereocenters. The summed E-state index contributed by atoms with van der Waals surface area (Å²) in [5.74, 6) is -0.903. The Bertz CT molecular complexity index is 924. The number of thiophene rings is 1. The molecule has 0 fully saturated rings. The fraction of sp³-hybridized carbons (Fsp3) is 0.250. The van der Waals surface area contributed by atoms with Crippen molar-refractivity contribution in [3.05, 3.63) is 40.6 Å². The number of likely N-dealkylation sites (N-methyl/N-ethyl adjacent to an activating group) is 1. The second-order valence-corrected chi connectivity index (χ2v) is 8.46. The highest BCUT2D eigenvalue weighted by Crippen LogP contribution is 2.38. The normalized spacial score (nSPS) is 13.9. The number of sulfone groups is 1. The zero-order valence-corrected chi connectivity index (χ0v) is 15.4. The average Bonchev–Trinajstić information content (AvgIpc) is 3.31. The summed E-state index contributed by atoms with van der Waals surface area (Å²) in [5, 5.41) is 5.28. The Balaban J connectivity index is 1.90. The van der Waals surface area contributed by atoms with Crippen LogP contribution in [-0.2, 0) is 19.4 Å². The van der Waals surface area contributed by atoms with Crippen LogP contribution in [0, 0.1) is 0 Å². The van der Waals surface area contributed by atoms with Crippen LogP contribution in [0.2, 0.25) is 0 Å². The van der Waals surface area contributed by atoms with Crippen LogP contribution >= 0.6 is 11.3 Å². The number of hydrogen-bond acceptors (Lipinski definition) is 7. The Morgan fingerprint density at radius 1 is 1.19 bits per heavy atom. The van der Waals surface area contributed by atoms with Crippen molar-refractivity contribution < 1.29 is 27.5 Å². The average molecular weight is 396 g/mol. The molecule has 8 nitrogen and oxygen atoms in total. The topological polar surface area (TPSA) is 111 Å². The molecule has 138 valence electrons. The van der Waals surface area contributed by atoms with Crippen molar-refractivity contribution in [2.45, 2.75) is 10.1 Å². The minimum Gasteiger partial charge on any atom is -0.454 e. The highest BCUT2D eigenvalue weighted by atomic mass is 32.2. The summed E-state index contributed by atoms with van der Waals surface area (Å²) in [7, 11) is -2.52. The van der Waals surface area contributed by atoms with Crippen LogP contribution in [-0.4, -0.2) is 40.6 Å². The summed E-state index contributed by atoms with van der Waals surface area (Å²) in [5.41, 5.74) is 0. The van der Waals surface area contributed by atoms with E-state index in [0.29, 0.717) is 16.4 Å². The molecule has 2 amide bonds. The van der Waals surface area contributed by atoms with E-state index in [4.69, 9.17) is 9.47 Å². The summed E-state index contributed by atoms with van der Waals surface area (Å²) >= 11 is 1.26. The molecular formula is C16H16N2O6S2. The summed E-state index contributed by atoms with van der Waals surface area (Å²) < 4.78 is 36.7. The fourth-order valence-electron chi connectivity index (χ4n) is 2.44. The molecule has 2 N–H and O–H groups in total. The first-order chi connectivity index (χ1) is 12.4. The molecule has 26 heavy (non-hydrogen) atoms. The van der Waals surface area contributed by atoms with Crippen LogP contribution in [0.4, 0.5) is 0 Å². The maximum atomic E-state index is 13.1. The van der Waals surface area contributed by atoms with Gasteiger partial charge in [0.2, 0.25) is 6.79 Å². The predicted molar refractivity (Wildman–Crippen MR) is 93.9 cm³/mol. The van der Waals surface area contributed by atoms with Crippen LogP contribution in [0.25, 0.3) is 0 Å². The van der Waals surface area contributed by atoms with E-state index in [9.17, 15) is 18.0 Å².